The van der Waals surface area contributed by atoms with Crippen LogP contribution in [0.25, 0.3) is 10.9 Å². The number of halogens is 1. The lowest BCUT2D eigenvalue weighted by Crippen LogP contribution is -2.38. The summed E-state index contributed by atoms with van der Waals surface area (Å²) in [7, 11) is 0. The summed E-state index contributed by atoms with van der Waals surface area (Å²) in [4.78, 5) is 15.7. The first-order chi connectivity index (χ1) is 12.0. The maximum Gasteiger partial charge on any atom is 0.347 e. The van der Waals surface area contributed by atoms with Crippen molar-refractivity contribution in [3.8, 4) is 6.07 Å². The van der Waals surface area contributed by atoms with Crippen molar-refractivity contribution in [3.63, 3.8) is 0 Å². The molecule has 2 N–H and O–H groups in total. The minimum atomic E-state index is -2.02. The van der Waals surface area contributed by atoms with E-state index in [9.17, 15) is 9.90 Å². The van der Waals surface area contributed by atoms with Gasteiger partial charge in [0.1, 0.15) is 0 Å². The van der Waals surface area contributed by atoms with E-state index in [1.165, 1.54) is 0 Å². The van der Waals surface area contributed by atoms with Gasteiger partial charge in [-0.1, -0.05) is 23.7 Å². The summed E-state index contributed by atoms with van der Waals surface area (Å²) in [6.45, 7) is 1.80. The number of nitriles is 1. The molecule has 1 aromatic heterocycles. The number of aromatic nitrogens is 1. The fourth-order valence-electron chi connectivity index (χ4n) is 2.80. The molecule has 25 heavy (non-hydrogen) atoms. The number of H-pyrrole nitrogens is 1. The minimum Gasteiger partial charge on any atom is -0.463 e. The predicted octanol–water partition coefficient (Wildman–Crippen LogP) is 3.49. The van der Waals surface area contributed by atoms with Crippen molar-refractivity contribution < 1.29 is 14.6 Å². The van der Waals surface area contributed by atoms with Gasteiger partial charge < -0.3 is 14.8 Å². The third kappa shape index (κ3) is 2.86. The molecule has 0 amide bonds. The highest BCUT2D eigenvalue weighted by Crippen LogP contribution is 2.37. The molecule has 2 aromatic carbocycles. The van der Waals surface area contributed by atoms with Crippen LogP contribution in [0.15, 0.2) is 48.7 Å². The molecule has 0 aliphatic heterocycles. The van der Waals surface area contributed by atoms with Gasteiger partial charge in [-0.2, -0.15) is 5.26 Å². The molecule has 0 spiro atoms. The van der Waals surface area contributed by atoms with E-state index < -0.39 is 11.6 Å². The lowest BCUT2D eigenvalue weighted by atomic mass is 9.85. The average molecular weight is 355 g/mol. The number of hydrogen-bond acceptors (Lipinski definition) is 4. The van der Waals surface area contributed by atoms with Crippen molar-refractivity contribution in [2.75, 3.05) is 6.61 Å². The molecule has 0 radical (unpaired) electrons. The zero-order valence-electron chi connectivity index (χ0n) is 13.4. The molecule has 3 rings (SSSR count). The van der Waals surface area contributed by atoms with Crippen LogP contribution >= 0.6 is 11.6 Å². The number of aliphatic hydroxyl groups is 1. The van der Waals surface area contributed by atoms with E-state index in [0.29, 0.717) is 27.1 Å². The Bertz CT molecular complexity index is 972. The molecule has 0 fully saturated rings. The fourth-order valence-corrected chi connectivity index (χ4v) is 2.97. The van der Waals surface area contributed by atoms with Crippen LogP contribution in [-0.2, 0) is 15.1 Å². The molecule has 6 heteroatoms. The van der Waals surface area contributed by atoms with Crippen molar-refractivity contribution in [2.24, 2.45) is 0 Å². The Labute approximate surface area is 149 Å². The predicted molar refractivity (Wildman–Crippen MR) is 94.1 cm³/mol. The number of carbonyl (C=O) groups excluding carboxylic acids is 1. The van der Waals surface area contributed by atoms with Crippen molar-refractivity contribution in [1.82, 2.24) is 4.98 Å². The van der Waals surface area contributed by atoms with Crippen LogP contribution < -0.4 is 0 Å². The van der Waals surface area contributed by atoms with E-state index in [0.717, 1.165) is 5.52 Å². The molecule has 0 unspecified atom stereocenters. The van der Waals surface area contributed by atoms with E-state index in [4.69, 9.17) is 21.6 Å². The Morgan fingerprint density at radius 1 is 1.32 bits per heavy atom. The van der Waals surface area contributed by atoms with Crippen LogP contribution in [0.3, 0.4) is 0 Å². The van der Waals surface area contributed by atoms with Gasteiger partial charge in [-0.05, 0) is 42.8 Å². The van der Waals surface area contributed by atoms with Gasteiger partial charge in [0.2, 0.25) is 5.60 Å². The molecule has 0 saturated carbocycles. The molecule has 0 saturated heterocycles. The standard InChI is InChI=1S/C19H15ClN2O3/c1-2-25-18(23)19(24,13-5-3-12(10-21)4-6-13)16-11-22-17-8-7-14(20)9-15(16)17/h3-9,11,22,24H,2H2,1H3/t19-/m0/s1. The fraction of sp³-hybridized carbons (Fsp3) is 0.158. The number of carbonyl (C=O) groups is 1. The van der Waals surface area contributed by atoms with Crippen LogP contribution in [0.5, 0.6) is 0 Å². The molecule has 5 nitrogen and oxygen atoms in total. The number of ether oxygens (including phenoxy) is 1. The lowest BCUT2D eigenvalue weighted by Gasteiger charge is -2.26. The van der Waals surface area contributed by atoms with Crippen molar-refractivity contribution in [3.05, 3.63) is 70.4 Å². The third-order valence-corrected chi connectivity index (χ3v) is 4.27. The summed E-state index contributed by atoms with van der Waals surface area (Å²) in [5.74, 6) is -0.791. The highest BCUT2D eigenvalue weighted by molar-refractivity contribution is 6.31. The topological polar surface area (TPSA) is 86.1 Å². The smallest absolute Gasteiger partial charge is 0.347 e. The Balaban J connectivity index is 2.24. The van der Waals surface area contributed by atoms with E-state index in [-0.39, 0.29) is 6.61 Å². The Morgan fingerprint density at radius 2 is 2.04 bits per heavy atom. The summed E-state index contributed by atoms with van der Waals surface area (Å²) in [5.41, 5.74) is -0.209. The SMILES string of the molecule is CCOC(=O)[C@](O)(c1ccc(C#N)cc1)c1c[nH]c2ccc(Cl)cc12. The summed E-state index contributed by atoms with van der Waals surface area (Å²) in [6.07, 6.45) is 1.57. The summed E-state index contributed by atoms with van der Waals surface area (Å²) < 4.78 is 5.12. The van der Waals surface area contributed by atoms with Gasteiger partial charge in [0.15, 0.2) is 0 Å². The van der Waals surface area contributed by atoms with Crippen molar-refractivity contribution in [2.45, 2.75) is 12.5 Å². The average Bonchev–Trinajstić information content (AvgIpc) is 3.04. The molecule has 0 aliphatic rings. The Kier molecular flexibility index (Phi) is 4.49. The summed E-state index contributed by atoms with van der Waals surface area (Å²) >= 11 is 6.08. The number of benzene rings is 2. The second kappa shape index (κ2) is 6.60. The van der Waals surface area contributed by atoms with Gasteiger partial charge in [0.25, 0.3) is 0 Å². The van der Waals surface area contributed by atoms with E-state index in [1.807, 2.05) is 6.07 Å². The first-order valence-corrected chi connectivity index (χ1v) is 8.05. The number of aromatic amines is 1. The molecular formula is C19H15ClN2O3. The highest BCUT2D eigenvalue weighted by Gasteiger charge is 2.43. The largest absolute Gasteiger partial charge is 0.463 e. The number of esters is 1. The second-order valence-electron chi connectivity index (χ2n) is 5.51. The number of fused-ring (bicyclic) bond motifs is 1. The summed E-state index contributed by atoms with van der Waals surface area (Å²) in [5, 5.41) is 21.4. The number of hydrogen-bond donors (Lipinski definition) is 2. The first-order valence-electron chi connectivity index (χ1n) is 7.68. The molecule has 1 heterocycles. The quantitative estimate of drug-likeness (QED) is 0.702. The Morgan fingerprint density at radius 3 is 2.68 bits per heavy atom. The zero-order valence-corrected chi connectivity index (χ0v) is 14.2. The van der Waals surface area contributed by atoms with Crippen LogP contribution in [0, 0.1) is 11.3 Å². The number of nitrogens with zero attached hydrogens (tertiary/aromatic N) is 1. The molecule has 1 atom stereocenters. The zero-order chi connectivity index (χ0) is 18.0. The maximum absolute atomic E-state index is 12.7. The van der Waals surface area contributed by atoms with Gasteiger partial charge >= 0.3 is 5.97 Å². The first kappa shape index (κ1) is 17.0. The third-order valence-electron chi connectivity index (χ3n) is 4.04. The molecule has 126 valence electrons. The minimum absolute atomic E-state index is 0.126. The van der Waals surface area contributed by atoms with Gasteiger partial charge in [-0.25, -0.2) is 4.79 Å². The van der Waals surface area contributed by atoms with Crippen LogP contribution in [0.2, 0.25) is 5.02 Å². The normalized spacial score (nSPS) is 13.2. The highest BCUT2D eigenvalue weighted by atomic mass is 35.5. The van der Waals surface area contributed by atoms with Crippen molar-refractivity contribution >= 4 is 28.5 Å². The number of rotatable bonds is 4. The monoisotopic (exact) mass is 354 g/mol. The van der Waals surface area contributed by atoms with Gasteiger partial charge in [0.05, 0.1) is 18.2 Å². The lowest BCUT2D eigenvalue weighted by molar-refractivity contribution is -0.161. The summed E-state index contributed by atoms with van der Waals surface area (Å²) in [6, 6.07) is 13.3. The molecule has 3 aromatic rings. The van der Waals surface area contributed by atoms with Gasteiger partial charge in [0, 0.05) is 27.7 Å². The van der Waals surface area contributed by atoms with Gasteiger partial charge in [-0.15, -0.1) is 0 Å². The van der Waals surface area contributed by atoms with Crippen LogP contribution in [0.4, 0.5) is 0 Å². The van der Waals surface area contributed by atoms with E-state index in [2.05, 4.69) is 4.98 Å². The van der Waals surface area contributed by atoms with E-state index in [1.54, 1.807) is 55.6 Å². The molecule has 0 aliphatic carbocycles. The second-order valence-corrected chi connectivity index (χ2v) is 5.95. The maximum atomic E-state index is 12.7. The van der Waals surface area contributed by atoms with Crippen LogP contribution in [0.1, 0.15) is 23.6 Å². The number of nitrogens with one attached hydrogen (secondary N) is 1. The molecular weight excluding hydrogens is 340 g/mol. The van der Waals surface area contributed by atoms with Crippen LogP contribution in [-0.4, -0.2) is 22.7 Å². The molecule has 0 bridgehead atoms. The van der Waals surface area contributed by atoms with Crippen molar-refractivity contribution in [1.29, 1.82) is 5.26 Å². The van der Waals surface area contributed by atoms with E-state index >= 15 is 0 Å². The Hall–Kier alpha value is -2.81. The van der Waals surface area contributed by atoms with Gasteiger partial charge in [-0.3, -0.25) is 0 Å².